The van der Waals surface area contributed by atoms with E-state index >= 15 is 0 Å². The lowest BCUT2D eigenvalue weighted by Crippen LogP contribution is -2.41. The van der Waals surface area contributed by atoms with Gasteiger partial charge in [0, 0.05) is 11.6 Å². The molecule has 3 rings (SSSR count). The number of sulfonamides is 1. The van der Waals surface area contributed by atoms with Gasteiger partial charge < -0.3 is 9.15 Å². The van der Waals surface area contributed by atoms with Crippen LogP contribution in [0.3, 0.4) is 0 Å². The molecule has 1 aromatic carbocycles. The highest BCUT2D eigenvalue weighted by atomic mass is 32.2. The van der Waals surface area contributed by atoms with E-state index < -0.39 is 32.5 Å². The van der Waals surface area contributed by atoms with Gasteiger partial charge in [0.1, 0.15) is 11.4 Å². The van der Waals surface area contributed by atoms with Gasteiger partial charge in [-0.25, -0.2) is 17.9 Å². The molecule has 0 fully saturated rings. The van der Waals surface area contributed by atoms with Crippen molar-refractivity contribution in [3.63, 3.8) is 0 Å². The summed E-state index contributed by atoms with van der Waals surface area (Å²) in [5.41, 5.74) is 0.866. The number of carbonyl (C=O) groups excluding carboxylic acids is 1. The fourth-order valence-electron chi connectivity index (χ4n) is 3.15. The summed E-state index contributed by atoms with van der Waals surface area (Å²) in [7, 11) is -3.64. The van der Waals surface area contributed by atoms with Crippen LogP contribution in [-0.4, -0.2) is 29.4 Å². The molecule has 7 nitrogen and oxygen atoms in total. The van der Waals surface area contributed by atoms with E-state index in [1.165, 1.54) is 10.8 Å². The van der Waals surface area contributed by atoms with Crippen molar-refractivity contribution in [1.29, 1.82) is 0 Å². The average Bonchev–Trinajstić information content (AvgIpc) is 3.27. The van der Waals surface area contributed by atoms with Crippen LogP contribution in [-0.2, 0) is 21.2 Å². The molecule has 0 aliphatic carbocycles. The number of aromatic nitrogens is 1. The number of hydrogen-bond donors (Lipinski definition) is 1. The number of rotatable bonds is 5. The maximum absolute atomic E-state index is 12.8. The van der Waals surface area contributed by atoms with Crippen LogP contribution < -0.4 is 4.72 Å². The molecule has 2 aromatic heterocycles. The Morgan fingerprint density at radius 3 is 2.35 bits per heavy atom. The predicted molar refractivity (Wildman–Crippen MR) is 121 cm³/mol. The number of furan rings is 1. The Balaban J connectivity index is 2.02. The molecule has 0 bridgehead atoms. The number of nitrogens with zero attached hydrogens (tertiary/aromatic N) is 1. The van der Waals surface area contributed by atoms with E-state index in [2.05, 4.69) is 4.72 Å². The topological polar surface area (TPSA) is 90.5 Å². The lowest BCUT2D eigenvalue weighted by atomic mass is 10.0. The van der Waals surface area contributed by atoms with Crippen molar-refractivity contribution in [3.05, 3.63) is 60.2 Å². The summed E-state index contributed by atoms with van der Waals surface area (Å²) in [6.45, 7) is 10.4. The molecule has 8 heteroatoms. The first kappa shape index (κ1) is 23.1. The first-order chi connectivity index (χ1) is 14.3. The number of carbonyl (C=O) groups is 1. The van der Waals surface area contributed by atoms with Crippen LogP contribution in [0.4, 0.5) is 4.79 Å². The summed E-state index contributed by atoms with van der Waals surface area (Å²) in [4.78, 5) is 12.8. The zero-order chi connectivity index (χ0) is 23.0. The van der Waals surface area contributed by atoms with Crippen LogP contribution in [0.2, 0.25) is 0 Å². The van der Waals surface area contributed by atoms with E-state index in [4.69, 9.17) is 9.15 Å². The third-order valence-electron chi connectivity index (χ3n) is 4.80. The highest BCUT2D eigenvalue weighted by Gasteiger charge is 2.33. The summed E-state index contributed by atoms with van der Waals surface area (Å²) < 4.78 is 40.0. The Labute approximate surface area is 183 Å². The highest BCUT2D eigenvalue weighted by Crippen LogP contribution is 2.29. The lowest BCUT2D eigenvalue weighted by molar-refractivity contribution is 0.0544. The van der Waals surface area contributed by atoms with E-state index in [1.54, 1.807) is 39.1 Å². The molecule has 0 spiro atoms. The Kier molecular flexibility index (Phi) is 6.08. The Bertz CT molecular complexity index is 1160. The predicted octanol–water partition coefficient (Wildman–Crippen LogP) is 5.02. The zero-order valence-corrected chi connectivity index (χ0v) is 19.6. The SMILES string of the molecule is CC(C)(C)OC(=O)n1cc(C[C@@H](NS(=O)(=O)C(C)(C)C)c2ccco2)c2ccccc21. The molecule has 168 valence electrons. The van der Waals surface area contributed by atoms with Crippen molar-refractivity contribution in [2.24, 2.45) is 0 Å². The van der Waals surface area contributed by atoms with Crippen molar-refractivity contribution in [3.8, 4) is 0 Å². The molecule has 3 aromatic rings. The largest absolute Gasteiger partial charge is 0.468 e. The zero-order valence-electron chi connectivity index (χ0n) is 18.8. The summed E-state index contributed by atoms with van der Waals surface area (Å²) in [5.74, 6) is 0.502. The summed E-state index contributed by atoms with van der Waals surface area (Å²) in [6.07, 6.45) is 3.04. The van der Waals surface area contributed by atoms with Gasteiger partial charge in [-0.05, 0) is 71.7 Å². The minimum atomic E-state index is -3.64. The van der Waals surface area contributed by atoms with Gasteiger partial charge in [0.25, 0.3) is 0 Å². The minimum absolute atomic E-state index is 0.305. The van der Waals surface area contributed by atoms with E-state index in [-0.39, 0.29) is 0 Å². The number of nitrogens with one attached hydrogen (secondary N) is 1. The summed E-state index contributed by atoms with van der Waals surface area (Å²) >= 11 is 0. The molecule has 1 N–H and O–H groups in total. The average molecular weight is 447 g/mol. The smallest absolute Gasteiger partial charge is 0.419 e. The number of hydrogen-bond acceptors (Lipinski definition) is 5. The maximum Gasteiger partial charge on any atom is 0.419 e. The van der Waals surface area contributed by atoms with Crippen LogP contribution in [0.5, 0.6) is 0 Å². The number of fused-ring (bicyclic) bond motifs is 1. The molecular weight excluding hydrogens is 416 g/mol. The van der Waals surface area contributed by atoms with Crippen LogP contribution in [0.25, 0.3) is 10.9 Å². The van der Waals surface area contributed by atoms with Crippen molar-refractivity contribution in [1.82, 2.24) is 9.29 Å². The molecule has 0 unspecified atom stereocenters. The second-order valence-electron chi connectivity index (χ2n) is 9.53. The monoisotopic (exact) mass is 446 g/mol. The molecule has 0 saturated heterocycles. The molecule has 2 heterocycles. The van der Waals surface area contributed by atoms with Crippen molar-refractivity contribution in [2.45, 2.75) is 64.4 Å². The molecule has 31 heavy (non-hydrogen) atoms. The van der Waals surface area contributed by atoms with Gasteiger partial charge in [-0.3, -0.25) is 4.57 Å². The normalized spacial score (nSPS) is 14.0. The Morgan fingerprint density at radius 1 is 1.10 bits per heavy atom. The first-order valence-corrected chi connectivity index (χ1v) is 11.6. The van der Waals surface area contributed by atoms with Crippen LogP contribution in [0.15, 0.2) is 53.3 Å². The Morgan fingerprint density at radius 2 is 1.77 bits per heavy atom. The van der Waals surface area contributed by atoms with Gasteiger partial charge in [0.2, 0.25) is 10.0 Å². The lowest BCUT2D eigenvalue weighted by Gasteiger charge is -2.24. The van der Waals surface area contributed by atoms with Gasteiger partial charge in [-0.2, -0.15) is 0 Å². The van der Waals surface area contributed by atoms with E-state index in [9.17, 15) is 13.2 Å². The van der Waals surface area contributed by atoms with Crippen LogP contribution in [0.1, 0.15) is 58.9 Å². The van der Waals surface area contributed by atoms with Gasteiger partial charge >= 0.3 is 6.09 Å². The minimum Gasteiger partial charge on any atom is -0.468 e. The summed E-state index contributed by atoms with van der Waals surface area (Å²) in [5, 5.41) is 0.847. The van der Waals surface area contributed by atoms with Gasteiger partial charge in [-0.15, -0.1) is 0 Å². The Hall–Kier alpha value is -2.58. The molecular formula is C23H30N2O5S. The van der Waals surface area contributed by atoms with Gasteiger partial charge in [0.05, 0.1) is 22.6 Å². The van der Waals surface area contributed by atoms with Crippen molar-refractivity contribution < 1.29 is 22.4 Å². The van der Waals surface area contributed by atoms with Gasteiger partial charge in [-0.1, -0.05) is 18.2 Å². The number of benzene rings is 1. The van der Waals surface area contributed by atoms with E-state index in [1.807, 2.05) is 45.0 Å². The number of ether oxygens (including phenoxy) is 1. The number of para-hydroxylation sites is 1. The van der Waals surface area contributed by atoms with E-state index in [0.717, 1.165) is 10.9 Å². The molecule has 0 radical (unpaired) electrons. The summed E-state index contributed by atoms with van der Waals surface area (Å²) in [6, 6.07) is 10.3. The fraction of sp³-hybridized carbons (Fsp3) is 0.435. The third kappa shape index (κ3) is 5.19. The highest BCUT2D eigenvalue weighted by molar-refractivity contribution is 7.90. The third-order valence-corrected chi connectivity index (χ3v) is 7.01. The van der Waals surface area contributed by atoms with Crippen LogP contribution >= 0.6 is 0 Å². The molecule has 0 amide bonds. The van der Waals surface area contributed by atoms with Crippen molar-refractivity contribution in [2.75, 3.05) is 0 Å². The second-order valence-corrected chi connectivity index (χ2v) is 12.0. The van der Waals surface area contributed by atoms with Crippen LogP contribution in [0, 0.1) is 0 Å². The van der Waals surface area contributed by atoms with Gasteiger partial charge in [0.15, 0.2) is 0 Å². The molecule has 0 aliphatic heterocycles. The molecule has 0 saturated carbocycles. The van der Waals surface area contributed by atoms with Crippen molar-refractivity contribution >= 4 is 27.0 Å². The maximum atomic E-state index is 12.8. The molecule has 0 aliphatic rings. The quantitative estimate of drug-likeness (QED) is 0.594. The second kappa shape index (κ2) is 8.16. The first-order valence-electron chi connectivity index (χ1n) is 10.2. The van der Waals surface area contributed by atoms with E-state index in [0.29, 0.717) is 17.7 Å². The fourth-order valence-corrected chi connectivity index (χ4v) is 4.08. The standard InChI is InChI=1S/C23H30N2O5S/c1-22(2,3)30-21(26)25-15-16(17-10-7-8-11-19(17)25)14-18(20-12-9-13-29-20)24-31(27,28)23(4,5)6/h7-13,15,18,24H,14H2,1-6H3/t18-/m1/s1. The molecule has 1 atom stereocenters.